The first-order valence-electron chi connectivity index (χ1n) is 6.50. The van der Waals surface area contributed by atoms with Crippen LogP contribution >= 0.6 is 27.3 Å². The quantitative estimate of drug-likeness (QED) is 0.818. The van der Waals surface area contributed by atoms with Crippen LogP contribution in [0.5, 0.6) is 0 Å². The summed E-state index contributed by atoms with van der Waals surface area (Å²) in [5.74, 6) is -0.0360. The number of carbonyl (C=O) groups excluding carboxylic acids is 2. The van der Waals surface area contributed by atoms with Crippen LogP contribution in [-0.2, 0) is 0 Å². The van der Waals surface area contributed by atoms with Crippen LogP contribution in [0.4, 0.5) is 0 Å². The van der Waals surface area contributed by atoms with Gasteiger partial charge in [-0.1, -0.05) is 0 Å². The van der Waals surface area contributed by atoms with Crippen molar-refractivity contribution in [3.63, 3.8) is 0 Å². The molecule has 5 nitrogen and oxygen atoms in total. The van der Waals surface area contributed by atoms with E-state index in [0.717, 1.165) is 5.56 Å². The summed E-state index contributed by atoms with van der Waals surface area (Å²) in [6, 6.07) is 3.47. The largest absolute Gasteiger partial charge is 0.457 e. The number of rotatable bonds is 2. The summed E-state index contributed by atoms with van der Waals surface area (Å²) in [6.45, 7) is 2.17. The average Bonchev–Trinajstić information content (AvgIpc) is 3.17. The third kappa shape index (κ3) is 2.89. The summed E-state index contributed by atoms with van der Waals surface area (Å²) in [6.07, 6.45) is 1.48. The molecule has 3 heterocycles. The fraction of sp³-hybridized carbons (Fsp3) is 0.286. The van der Waals surface area contributed by atoms with Crippen molar-refractivity contribution in [2.24, 2.45) is 0 Å². The molecule has 0 aliphatic carbocycles. The summed E-state index contributed by atoms with van der Waals surface area (Å²) in [7, 11) is 0. The first-order chi connectivity index (χ1) is 10.2. The highest BCUT2D eigenvalue weighted by molar-refractivity contribution is 9.10. The maximum Gasteiger partial charge on any atom is 0.258 e. The van der Waals surface area contributed by atoms with Crippen LogP contribution in [0.15, 0.2) is 38.2 Å². The lowest BCUT2D eigenvalue weighted by Crippen LogP contribution is -2.50. The number of piperazine rings is 1. The number of nitrogens with zero attached hydrogens (tertiary/aromatic N) is 2. The molecule has 2 aromatic heterocycles. The smallest absolute Gasteiger partial charge is 0.258 e. The van der Waals surface area contributed by atoms with Gasteiger partial charge in [-0.25, -0.2) is 0 Å². The summed E-state index contributed by atoms with van der Waals surface area (Å²) in [4.78, 5) is 28.1. The monoisotopic (exact) mass is 368 g/mol. The van der Waals surface area contributed by atoms with Crippen molar-refractivity contribution in [3.8, 4) is 0 Å². The van der Waals surface area contributed by atoms with Gasteiger partial charge < -0.3 is 14.2 Å². The van der Waals surface area contributed by atoms with Crippen molar-refractivity contribution < 1.29 is 14.0 Å². The van der Waals surface area contributed by atoms with Crippen LogP contribution in [0.1, 0.15) is 20.7 Å². The molecule has 1 aliphatic rings. The molecule has 0 spiro atoms. The molecule has 0 N–H and O–H groups in total. The van der Waals surface area contributed by atoms with E-state index in [1.54, 1.807) is 15.9 Å². The lowest BCUT2D eigenvalue weighted by Gasteiger charge is -2.34. The second-order valence-electron chi connectivity index (χ2n) is 4.70. The zero-order chi connectivity index (χ0) is 14.8. The number of hydrogen-bond donors (Lipinski definition) is 0. The van der Waals surface area contributed by atoms with Crippen LogP contribution in [0.3, 0.4) is 0 Å². The Balaban J connectivity index is 1.62. The van der Waals surface area contributed by atoms with Gasteiger partial charge in [-0.05, 0) is 33.4 Å². The van der Waals surface area contributed by atoms with E-state index < -0.39 is 0 Å². The Morgan fingerprint density at radius 3 is 2.29 bits per heavy atom. The molecule has 1 fully saturated rings. The zero-order valence-electron chi connectivity index (χ0n) is 11.1. The highest BCUT2D eigenvalue weighted by atomic mass is 79.9. The van der Waals surface area contributed by atoms with Crippen LogP contribution in [0.2, 0.25) is 0 Å². The van der Waals surface area contributed by atoms with Crippen molar-refractivity contribution in [1.29, 1.82) is 0 Å². The van der Waals surface area contributed by atoms with Gasteiger partial charge in [0.25, 0.3) is 11.8 Å². The predicted octanol–water partition coefficient (Wildman–Crippen LogP) is 2.70. The highest BCUT2D eigenvalue weighted by Gasteiger charge is 2.27. The summed E-state index contributed by atoms with van der Waals surface area (Å²) >= 11 is 4.73. The number of hydrogen-bond acceptors (Lipinski definition) is 4. The van der Waals surface area contributed by atoms with E-state index in [-0.39, 0.29) is 11.8 Å². The molecule has 7 heteroatoms. The highest BCUT2D eigenvalue weighted by Crippen LogP contribution is 2.20. The minimum atomic E-state index is -0.0711. The Kier molecular flexibility index (Phi) is 4.12. The third-order valence-electron chi connectivity index (χ3n) is 3.47. The Morgan fingerprint density at radius 2 is 1.76 bits per heavy atom. The number of halogens is 1. The number of carbonyl (C=O) groups is 2. The molecule has 0 radical (unpaired) electrons. The first kappa shape index (κ1) is 14.3. The summed E-state index contributed by atoms with van der Waals surface area (Å²) in [5.41, 5.74) is 1.24. The average molecular weight is 369 g/mol. The van der Waals surface area contributed by atoms with E-state index in [0.29, 0.717) is 36.4 Å². The Hall–Kier alpha value is -1.60. The Morgan fingerprint density at radius 1 is 1.10 bits per heavy atom. The molecule has 0 bridgehead atoms. The van der Waals surface area contributed by atoms with Gasteiger partial charge in [0, 0.05) is 31.6 Å². The second-order valence-corrected chi connectivity index (χ2v) is 6.20. The minimum Gasteiger partial charge on any atom is -0.457 e. The fourth-order valence-corrected chi connectivity index (χ4v) is 3.34. The molecular formula is C14H13BrN2O3S. The molecule has 1 saturated heterocycles. The van der Waals surface area contributed by atoms with Crippen LogP contribution in [-0.4, -0.2) is 47.8 Å². The molecule has 1 aliphatic heterocycles. The van der Waals surface area contributed by atoms with Gasteiger partial charge in [0.2, 0.25) is 0 Å². The lowest BCUT2D eigenvalue weighted by molar-refractivity contribution is 0.0534. The fourth-order valence-electron chi connectivity index (χ4n) is 2.30. The Bertz CT molecular complexity index is 645. The van der Waals surface area contributed by atoms with Crippen molar-refractivity contribution in [1.82, 2.24) is 9.80 Å². The van der Waals surface area contributed by atoms with Gasteiger partial charge in [0.1, 0.15) is 0 Å². The topological polar surface area (TPSA) is 53.8 Å². The summed E-state index contributed by atoms with van der Waals surface area (Å²) in [5, 5.41) is 3.74. The molecule has 0 saturated carbocycles. The van der Waals surface area contributed by atoms with Gasteiger partial charge in [0.15, 0.2) is 4.67 Å². The van der Waals surface area contributed by atoms with E-state index in [9.17, 15) is 9.59 Å². The van der Waals surface area contributed by atoms with E-state index >= 15 is 0 Å². The molecule has 2 aromatic rings. The van der Waals surface area contributed by atoms with Gasteiger partial charge in [0.05, 0.1) is 17.4 Å². The van der Waals surface area contributed by atoms with Gasteiger partial charge >= 0.3 is 0 Å². The van der Waals surface area contributed by atoms with Crippen LogP contribution in [0.25, 0.3) is 0 Å². The van der Waals surface area contributed by atoms with Crippen LogP contribution in [0, 0.1) is 0 Å². The number of thiophene rings is 1. The van der Waals surface area contributed by atoms with E-state index in [2.05, 4.69) is 15.9 Å². The predicted molar refractivity (Wildman–Crippen MR) is 82.5 cm³/mol. The van der Waals surface area contributed by atoms with E-state index in [1.165, 1.54) is 17.6 Å². The normalized spacial score (nSPS) is 15.3. The van der Waals surface area contributed by atoms with Gasteiger partial charge in [-0.15, -0.1) is 0 Å². The molecule has 2 amide bonds. The van der Waals surface area contributed by atoms with E-state index in [4.69, 9.17) is 4.42 Å². The molecule has 110 valence electrons. The number of furan rings is 1. The standard InChI is InChI=1S/C14H13BrN2O3S/c15-12-11(1-7-20-12)14(19)17-5-3-16(4-6-17)13(18)10-2-8-21-9-10/h1-2,7-9H,3-6H2. The van der Waals surface area contributed by atoms with Crippen molar-refractivity contribution in [2.45, 2.75) is 0 Å². The van der Waals surface area contributed by atoms with Crippen molar-refractivity contribution in [3.05, 3.63) is 45.0 Å². The van der Waals surface area contributed by atoms with Crippen molar-refractivity contribution in [2.75, 3.05) is 26.2 Å². The molecule has 21 heavy (non-hydrogen) atoms. The SMILES string of the molecule is O=C(c1ccsc1)N1CCN(C(=O)c2ccoc2Br)CC1. The molecule has 0 aromatic carbocycles. The second kappa shape index (κ2) is 6.03. The number of amides is 2. The van der Waals surface area contributed by atoms with Crippen LogP contribution < -0.4 is 0 Å². The zero-order valence-corrected chi connectivity index (χ0v) is 13.5. The minimum absolute atomic E-state index is 0.0350. The lowest BCUT2D eigenvalue weighted by atomic mass is 10.2. The molecule has 0 atom stereocenters. The maximum atomic E-state index is 12.3. The molecule has 0 unspecified atom stereocenters. The van der Waals surface area contributed by atoms with E-state index in [1.807, 2.05) is 16.8 Å². The first-order valence-corrected chi connectivity index (χ1v) is 8.24. The van der Waals surface area contributed by atoms with Gasteiger partial charge in [-0.3, -0.25) is 9.59 Å². The third-order valence-corrected chi connectivity index (χ3v) is 4.77. The molecular weight excluding hydrogens is 356 g/mol. The van der Waals surface area contributed by atoms with Crippen molar-refractivity contribution >= 4 is 39.1 Å². The van der Waals surface area contributed by atoms with Gasteiger partial charge in [-0.2, -0.15) is 11.3 Å². The maximum absolute atomic E-state index is 12.3. The Labute approximate surface area is 134 Å². The molecule has 3 rings (SSSR count). The summed E-state index contributed by atoms with van der Waals surface area (Å²) < 4.78 is 5.54.